The summed E-state index contributed by atoms with van der Waals surface area (Å²) in [4.78, 5) is 4.77. The molecule has 0 saturated heterocycles. The number of fused-ring (bicyclic) bond motifs is 4. The summed E-state index contributed by atoms with van der Waals surface area (Å²) in [7, 11) is 0. The van der Waals surface area contributed by atoms with E-state index < -0.39 is 0 Å². The van der Waals surface area contributed by atoms with Gasteiger partial charge in [-0.3, -0.25) is 0 Å². The second kappa shape index (κ2) is 11.4. The van der Waals surface area contributed by atoms with Crippen molar-refractivity contribution >= 4 is 50.2 Å². The van der Waals surface area contributed by atoms with Crippen molar-refractivity contribution in [3.05, 3.63) is 181 Å². The molecular formula is C44H33N3. The van der Waals surface area contributed by atoms with Gasteiger partial charge in [-0.25, -0.2) is 0 Å². The quantitative estimate of drug-likeness (QED) is 0.187. The number of anilines is 5. The molecule has 0 aliphatic carbocycles. The van der Waals surface area contributed by atoms with Crippen LogP contribution in [-0.4, -0.2) is 11.1 Å². The van der Waals surface area contributed by atoms with Crippen LogP contribution in [0.25, 0.3) is 38.6 Å². The van der Waals surface area contributed by atoms with Gasteiger partial charge in [0.2, 0.25) is 0 Å². The van der Waals surface area contributed by atoms with E-state index in [9.17, 15) is 0 Å². The van der Waals surface area contributed by atoms with E-state index in [1.165, 1.54) is 55.6 Å². The average molecular weight is 604 g/mol. The van der Waals surface area contributed by atoms with E-state index in [0.29, 0.717) is 0 Å². The van der Waals surface area contributed by atoms with Crippen LogP contribution in [0.2, 0.25) is 0 Å². The predicted molar refractivity (Wildman–Crippen MR) is 198 cm³/mol. The number of nitrogens with zero attached hydrogens (tertiary/aromatic N) is 3. The maximum absolute atomic E-state index is 2.46. The van der Waals surface area contributed by atoms with E-state index in [-0.39, 0.29) is 0 Å². The summed E-state index contributed by atoms with van der Waals surface area (Å²) < 4.78 is 2.43. The van der Waals surface area contributed by atoms with Gasteiger partial charge in [0.25, 0.3) is 0 Å². The van der Waals surface area contributed by atoms with E-state index in [2.05, 4.69) is 190 Å². The van der Waals surface area contributed by atoms with Crippen LogP contribution in [0.5, 0.6) is 0 Å². The van der Waals surface area contributed by atoms with Gasteiger partial charge in [0.05, 0.1) is 11.0 Å². The molecule has 3 nitrogen and oxygen atoms in total. The molecule has 1 aromatic heterocycles. The highest BCUT2D eigenvalue weighted by molar-refractivity contribution is 6.12. The fraction of sp³-hybridized carbons (Fsp3) is 0.0455. The van der Waals surface area contributed by atoms with Crippen LogP contribution in [0.3, 0.4) is 0 Å². The van der Waals surface area contributed by atoms with Gasteiger partial charge in [-0.05, 0) is 108 Å². The topological polar surface area (TPSA) is 11.4 Å². The zero-order chi connectivity index (χ0) is 31.2. The molecule has 224 valence electrons. The standard InChI is InChI=1S/C44H33N3/c1-5-13-35(14-6-1)45-28-27-34-30-41-40-29-33(23-26-42(40)47(44(41)31-43(34)45)38-19-11-4-12-20-38)32-21-24-39(25-22-32)46(36-15-7-2-8-16-36)37-17-9-3-10-18-37/h1-26,29-31H,27-28H2. The van der Waals surface area contributed by atoms with Crippen molar-refractivity contribution in [2.24, 2.45) is 0 Å². The minimum Gasteiger partial charge on any atom is -0.341 e. The average Bonchev–Trinajstić information content (AvgIpc) is 3.71. The summed E-state index contributed by atoms with van der Waals surface area (Å²) >= 11 is 0. The Bertz CT molecular complexity index is 2290. The summed E-state index contributed by atoms with van der Waals surface area (Å²) in [5.41, 5.74) is 13.4. The van der Waals surface area contributed by atoms with Gasteiger partial charge in [0.1, 0.15) is 0 Å². The lowest BCUT2D eigenvalue weighted by Crippen LogP contribution is -2.12. The Labute approximate surface area is 275 Å². The third kappa shape index (κ3) is 4.76. The number of hydrogen-bond acceptors (Lipinski definition) is 2. The molecule has 2 heterocycles. The Balaban J connectivity index is 1.17. The van der Waals surface area contributed by atoms with Gasteiger partial charge in [-0.1, -0.05) is 91.0 Å². The van der Waals surface area contributed by atoms with Crippen molar-refractivity contribution in [3.63, 3.8) is 0 Å². The third-order valence-electron chi connectivity index (χ3n) is 9.43. The normalized spacial score (nSPS) is 12.5. The maximum atomic E-state index is 2.46. The molecule has 0 bridgehead atoms. The molecule has 0 spiro atoms. The molecule has 47 heavy (non-hydrogen) atoms. The molecule has 0 N–H and O–H groups in total. The molecular weight excluding hydrogens is 571 g/mol. The summed E-state index contributed by atoms with van der Waals surface area (Å²) in [6.45, 7) is 0.996. The molecule has 0 atom stereocenters. The Morgan fingerprint density at radius 2 is 0.957 bits per heavy atom. The first-order valence-electron chi connectivity index (χ1n) is 16.3. The monoisotopic (exact) mass is 603 g/mol. The van der Waals surface area contributed by atoms with Crippen molar-refractivity contribution in [2.45, 2.75) is 6.42 Å². The summed E-state index contributed by atoms with van der Waals surface area (Å²) in [5, 5.41) is 2.58. The van der Waals surface area contributed by atoms with Crippen molar-refractivity contribution in [1.29, 1.82) is 0 Å². The van der Waals surface area contributed by atoms with Gasteiger partial charge >= 0.3 is 0 Å². The number of rotatable bonds is 6. The number of hydrogen-bond donors (Lipinski definition) is 0. The van der Waals surface area contributed by atoms with E-state index in [1.54, 1.807) is 0 Å². The SMILES string of the molecule is c1ccc(N2CCc3cc4c5cc(-c6ccc(N(c7ccccc7)c7ccccc7)cc6)ccc5n(-c5ccccc5)c4cc32)cc1. The Kier molecular flexibility index (Phi) is 6.60. The first-order chi connectivity index (χ1) is 23.3. The Morgan fingerprint density at radius 1 is 0.426 bits per heavy atom. The highest BCUT2D eigenvalue weighted by Crippen LogP contribution is 2.42. The zero-order valence-electron chi connectivity index (χ0n) is 26.0. The molecule has 7 aromatic carbocycles. The van der Waals surface area contributed by atoms with E-state index in [4.69, 9.17) is 0 Å². The summed E-state index contributed by atoms with van der Waals surface area (Å²) in [6, 6.07) is 63.4. The molecule has 0 amide bonds. The molecule has 3 heteroatoms. The van der Waals surface area contributed by atoms with Crippen molar-refractivity contribution in [3.8, 4) is 16.8 Å². The van der Waals surface area contributed by atoms with Crippen molar-refractivity contribution < 1.29 is 0 Å². The van der Waals surface area contributed by atoms with Crippen LogP contribution in [0.1, 0.15) is 5.56 Å². The van der Waals surface area contributed by atoms with E-state index in [1.807, 2.05) is 0 Å². The van der Waals surface area contributed by atoms with Crippen molar-refractivity contribution in [2.75, 3.05) is 16.3 Å². The van der Waals surface area contributed by atoms with Crippen LogP contribution >= 0.6 is 0 Å². The smallest absolute Gasteiger partial charge is 0.0562 e. The molecule has 1 aliphatic heterocycles. The minimum atomic E-state index is 0.996. The highest BCUT2D eigenvalue weighted by Gasteiger charge is 2.24. The molecule has 0 radical (unpaired) electrons. The highest BCUT2D eigenvalue weighted by atomic mass is 15.2. The fourth-order valence-electron chi connectivity index (χ4n) is 7.22. The van der Waals surface area contributed by atoms with Crippen LogP contribution in [0.15, 0.2) is 176 Å². The van der Waals surface area contributed by atoms with Gasteiger partial charge in [-0.15, -0.1) is 0 Å². The van der Waals surface area contributed by atoms with Gasteiger partial charge in [0.15, 0.2) is 0 Å². The predicted octanol–water partition coefficient (Wildman–Crippen LogP) is 11.6. The van der Waals surface area contributed by atoms with Gasteiger partial charge in [0, 0.05) is 51.4 Å². The first-order valence-corrected chi connectivity index (χ1v) is 16.3. The number of para-hydroxylation sites is 4. The van der Waals surface area contributed by atoms with Crippen LogP contribution in [-0.2, 0) is 6.42 Å². The fourth-order valence-corrected chi connectivity index (χ4v) is 7.22. The maximum Gasteiger partial charge on any atom is 0.0562 e. The lowest BCUT2D eigenvalue weighted by molar-refractivity contribution is 0.999. The van der Waals surface area contributed by atoms with Gasteiger partial charge < -0.3 is 14.4 Å². The largest absolute Gasteiger partial charge is 0.341 e. The molecule has 0 saturated carbocycles. The zero-order valence-corrected chi connectivity index (χ0v) is 26.0. The molecule has 0 unspecified atom stereocenters. The minimum absolute atomic E-state index is 0.996. The number of aromatic nitrogens is 1. The van der Waals surface area contributed by atoms with Crippen molar-refractivity contribution in [1.82, 2.24) is 4.57 Å². The molecule has 9 rings (SSSR count). The lowest BCUT2D eigenvalue weighted by atomic mass is 10.0. The molecule has 1 aliphatic rings. The summed E-state index contributed by atoms with van der Waals surface area (Å²) in [5.74, 6) is 0. The first kappa shape index (κ1) is 27.3. The van der Waals surface area contributed by atoms with E-state index >= 15 is 0 Å². The van der Waals surface area contributed by atoms with Crippen LogP contribution in [0, 0.1) is 0 Å². The molecule has 0 fully saturated rings. The van der Waals surface area contributed by atoms with Crippen LogP contribution in [0.4, 0.5) is 28.4 Å². The third-order valence-corrected chi connectivity index (χ3v) is 9.43. The second-order valence-electron chi connectivity index (χ2n) is 12.2. The number of benzene rings is 7. The Morgan fingerprint density at radius 3 is 1.60 bits per heavy atom. The Hall–Kier alpha value is -6.06. The molecule has 8 aromatic rings. The van der Waals surface area contributed by atoms with Crippen LogP contribution < -0.4 is 9.80 Å². The lowest BCUT2D eigenvalue weighted by Gasteiger charge is -2.25. The van der Waals surface area contributed by atoms with E-state index in [0.717, 1.165) is 30.0 Å². The van der Waals surface area contributed by atoms with Gasteiger partial charge in [-0.2, -0.15) is 0 Å². The second-order valence-corrected chi connectivity index (χ2v) is 12.2. The summed E-state index contributed by atoms with van der Waals surface area (Å²) in [6.07, 6.45) is 1.04.